The first kappa shape index (κ1) is 12.9. The Balaban J connectivity index is 2.11. The molecule has 0 spiro atoms. The van der Waals surface area contributed by atoms with E-state index in [1.54, 1.807) is 12.1 Å². The summed E-state index contributed by atoms with van der Waals surface area (Å²) in [6.07, 6.45) is -4.38. The Bertz CT molecular complexity index is 779. The van der Waals surface area contributed by atoms with E-state index in [4.69, 9.17) is 0 Å². The Morgan fingerprint density at radius 2 is 1.85 bits per heavy atom. The lowest BCUT2D eigenvalue weighted by atomic mass is 10.1. The van der Waals surface area contributed by atoms with Gasteiger partial charge in [0, 0.05) is 11.6 Å². The van der Waals surface area contributed by atoms with Gasteiger partial charge < -0.3 is 0 Å². The average Bonchev–Trinajstić information content (AvgIpc) is 2.81. The van der Waals surface area contributed by atoms with Gasteiger partial charge in [0.25, 0.3) is 0 Å². The molecule has 0 bridgehead atoms. The summed E-state index contributed by atoms with van der Waals surface area (Å²) in [5.74, 6) is -0.168. The van der Waals surface area contributed by atoms with Crippen LogP contribution in [0.4, 0.5) is 13.2 Å². The molecular formula is C14H7F3NOS. The fraction of sp³-hybridized carbons (Fsp3) is 0.0714. The molecule has 0 amide bonds. The quantitative estimate of drug-likeness (QED) is 0.612. The minimum Gasteiger partial charge on any atom is -0.290 e. The first-order valence-electron chi connectivity index (χ1n) is 5.69. The van der Waals surface area contributed by atoms with Crippen LogP contribution in [0.2, 0.25) is 0 Å². The summed E-state index contributed by atoms with van der Waals surface area (Å²) in [5, 5.41) is 11.7. The van der Waals surface area contributed by atoms with Gasteiger partial charge in [-0.1, -0.05) is 12.1 Å². The van der Waals surface area contributed by atoms with Crippen LogP contribution in [0.5, 0.6) is 5.75 Å². The van der Waals surface area contributed by atoms with Gasteiger partial charge in [-0.05, 0) is 24.3 Å². The van der Waals surface area contributed by atoms with Crippen molar-refractivity contribution in [1.82, 2.24) is 4.98 Å². The second kappa shape index (κ2) is 4.49. The lowest BCUT2D eigenvalue weighted by molar-refractivity contribution is -0.137. The van der Waals surface area contributed by atoms with Crippen LogP contribution < -0.4 is 0 Å². The van der Waals surface area contributed by atoms with Crippen molar-refractivity contribution in [2.24, 2.45) is 0 Å². The summed E-state index contributed by atoms with van der Waals surface area (Å²) in [4.78, 5) is 4.22. The van der Waals surface area contributed by atoms with Crippen LogP contribution in [-0.4, -0.2) is 4.98 Å². The van der Waals surface area contributed by atoms with E-state index in [1.165, 1.54) is 29.5 Å². The third-order valence-electron chi connectivity index (χ3n) is 2.80. The monoisotopic (exact) mass is 294 g/mol. The van der Waals surface area contributed by atoms with Crippen LogP contribution in [0.25, 0.3) is 20.8 Å². The number of halogens is 3. The predicted molar refractivity (Wildman–Crippen MR) is 70.2 cm³/mol. The summed E-state index contributed by atoms with van der Waals surface area (Å²) in [6, 6.07) is 9.43. The first-order chi connectivity index (χ1) is 9.43. The van der Waals surface area contributed by atoms with E-state index in [-0.39, 0.29) is 5.75 Å². The molecule has 3 aromatic rings. The molecule has 0 N–H and O–H groups in total. The zero-order valence-electron chi connectivity index (χ0n) is 9.94. The fourth-order valence-corrected chi connectivity index (χ4v) is 2.80. The molecule has 1 heterocycles. The van der Waals surface area contributed by atoms with E-state index < -0.39 is 11.7 Å². The van der Waals surface area contributed by atoms with Crippen LogP contribution in [0, 0.1) is 0 Å². The van der Waals surface area contributed by atoms with Crippen molar-refractivity contribution in [3.8, 4) is 16.3 Å². The third-order valence-corrected chi connectivity index (χ3v) is 3.88. The molecule has 0 aliphatic heterocycles. The maximum atomic E-state index is 12.7. The number of alkyl halides is 3. The number of thiazole rings is 1. The van der Waals surface area contributed by atoms with E-state index in [0.29, 0.717) is 16.1 Å². The highest BCUT2D eigenvalue weighted by Gasteiger charge is 2.30. The largest absolute Gasteiger partial charge is 0.416 e. The zero-order valence-corrected chi connectivity index (χ0v) is 10.8. The Kier molecular flexibility index (Phi) is 2.90. The minimum absolute atomic E-state index is 0.168. The van der Waals surface area contributed by atoms with Gasteiger partial charge in [0.1, 0.15) is 5.01 Å². The fourth-order valence-electron chi connectivity index (χ4n) is 1.86. The predicted octanol–water partition coefficient (Wildman–Crippen LogP) is 5.13. The Labute approximate surface area is 116 Å². The molecule has 0 aliphatic carbocycles. The Morgan fingerprint density at radius 3 is 2.60 bits per heavy atom. The summed E-state index contributed by atoms with van der Waals surface area (Å²) >= 11 is 1.26. The molecule has 20 heavy (non-hydrogen) atoms. The van der Waals surface area contributed by atoms with Gasteiger partial charge >= 0.3 is 6.18 Å². The Hall–Kier alpha value is -2.08. The highest BCUT2D eigenvalue weighted by molar-refractivity contribution is 7.21. The maximum absolute atomic E-state index is 12.7. The summed E-state index contributed by atoms with van der Waals surface area (Å²) in [7, 11) is 0. The van der Waals surface area contributed by atoms with Crippen LogP contribution in [0.15, 0.2) is 42.5 Å². The van der Waals surface area contributed by atoms with Crippen molar-refractivity contribution in [3.05, 3.63) is 48.0 Å². The second-order valence-corrected chi connectivity index (χ2v) is 5.26. The van der Waals surface area contributed by atoms with Crippen molar-refractivity contribution >= 4 is 21.6 Å². The summed E-state index contributed by atoms with van der Waals surface area (Å²) < 4.78 is 38.8. The van der Waals surface area contributed by atoms with Gasteiger partial charge in [-0.3, -0.25) is 5.11 Å². The van der Waals surface area contributed by atoms with Gasteiger partial charge in [0.15, 0.2) is 5.75 Å². The minimum atomic E-state index is -4.38. The van der Waals surface area contributed by atoms with Gasteiger partial charge in [-0.15, -0.1) is 11.3 Å². The molecule has 1 radical (unpaired) electrons. The van der Waals surface area contributed by atoms with Gasteiger partial charge in [-0.2, -0.15) is 13.2 Å². The zero-order chi connectivity index (χ0) is 14.3. The van der Waals surface area contributed by atoms with Crippen LogP contribution in [0.3, 0.4) is 0 Å². The van der Waals surface area contributed by atoms with Gasteiger partial charge in [0.2, 0.25) is 0 Å². The van der Waals surface area contributed by atoms with E-state index in [9.17, 15) is 18.3 Å². The normalized spacial score (nSPS) is 11.9. The number of rotatable bonds is 1. The number of hydrogen-bond donors (Lipinski definition) is 0. The standard InChI is InChI=1S/C14H7F3NOS/c15-14(16,17)9-3-1-2-8(6-9)13-18-11-7-10(19)4-5-12(11)20-13/h1-7H. The van der Waals surface area contributed by atoms with Crippen LogP contribution in [-0.2, 0) is 11.3 Å². The first-order valence-corrected chi connectivity index (χ1v) is 6.50. The van der Waals surface area contributed by atoms with Crippen LogP contribution >= 0.6 is 11.3 Å². The molecule has 2 aromatic carbocycles. The average molecular weight is 294 g/mol. The molecule has 2 nitrogen and oxygen atoms in total. The highest BCUT2D eigenvalue weighted by Crippen LogP contribution is 2.35. The number of hydrogen-bond acceptors (Lipinski definition) is 2. The molecule has 0 unspecified atom stereocenters. The molecule has 1 aromatic heterocycles. The van der Waals surface area contributed by atoms with E-state index in [2.05, 4.69) is 4.98 Å². The summed E-state index contributed by atoms with van der Waals surface area (Å²) in [5.41, 5.74) is 0.196. The molecule has 0 fully saturated rings. The molecule has 3 rings (SSSR count). The number of aromatic nitrogens is 1. The van der Waals surface area contributed by atoms with Crippen molar-refractivity contribution in [2.45, 2.75) is 6.18 Å². The third kappa shape index (κ3) is 2.34. The Morgan fingerprint density at radius 1 is 1.05 bits per heavy atom. The smallest absolute Gasteiger partial charge is 0.290 e. The molecule has 101 valence electrons. The second-order valence-electron chi connectivity index (χ2n) is 4.23. The van der Waals surface area contributed by atoms with E-state index in [0.717, 1.165) is 16.8 Å². The van der Waals surface area contributed by atoms with E-state index in [1.807, 2.05) is 0 Å². The van der Waals surface area contributed by atoms with Crippen molar-refractivity contribution in [2.75, 3.05) is 0 Å². The molecule has 0 saturated heterocycles. The maximum Gasteiger partial charge on any atom is 0.416 e. The van der Waals surface area contributed by atoms with Crippen molar-refractivity contribution < 1.29 is 18.3 Å². The number of benzene rings is 2. The lowest BCUT2D eigenvalue weighted by Crippen LogP contribution is -2.04. The van der Waals surface area contributed by atoms with Gasteiger partial charge in [0.05, 0.1) is 15.8 Å². The van der Waals surface area contributed by atoms with Crippen LogP contribution in [0.1, 0.15) is 5.56 Å². The molecule has 0 aliphatic rings. The number of nitrogens with zero attached hydrogens (tertiary/aromatic N) is 1. The molecule has 6 heteroatoms. The SMILES string of the molecule is [O]c1ccc2sc(-c3cccc(C(F)(F)F)c3)nc2c1. The van der Waals surface area contributed by atoms with Crippen molar-refractivity contribution in [1.29, 1.82) is 0 Å². The molecule has 0 saturated carbocycles. The topological polar surface area (TPSA) is 32.8 Å². The molecule has 0 atom stereocenters. The lowest BCUT2D eigenvalue weighted by Gasteiger charge is -2.07. The number of fused-ring (bicyclic) bond motifs is 1. The molecular weight excluding hydrogens is 287 g/mol. The van der Waals surface area contributed by atoms with Crippen molar-refractivity contribution in [3.63, 3.8) is 0 Å². The summed E-state index contributed by atoms with van der Waals surface area (Å²) in [6.45, 7) is 0. The highest BCUT2D eigenvalue weighted by atomic mass is 32.1. The van der Waals surface area contributed by atoms with Gasteiger partial charge in [-0.25, -0.2) is 4.98 Å². The van der Waals surface area contributed by atoms with E-state index >= 15 is 0 Å².